The zero-order valence-electron chi connectivity index (χ0n) is 16.5. The second-order valence-corrected chi connectivity index (χ2v) is 6.94. The molecule has 0 unspecified atom stereocenters. The number of benzene rings is 1. The molecule has 0 fully saturated rings. The van der Waals surface area contributed by atoms with E-state index in [1.54, 1.807) is 13.8 Å². The van der Waals surface area contributed by atoms with Gasteiger partial charge in [0, 0.05) is 12.7 Å². The smallest absolute Gasteiger partial charge is 0.341 e. The largest absolute Gasteiger partial charge is 0.462 e. The summed E-state index contributed by atoms with van der Waals surface area (Å²) < 4.78 is 23.0. The quantitative estimate of drug-likeness (QED) is 0.446. The van der Waals surface area contributed by atoms with Crippen LogP contribution < -0.4 is 16.4 Å². The van der Waals surface area contributed by atoms with Gasteiger partial charge in [-0.3, -0.25) is 9.59 Å². The van der Waals surface area contributed by atoms with Crippen molar-refractivity contribution in [1.29, 1.82) is 0 Å². The number of carbonyl (C=O) groups excluding carboxylic acids is 4. The molecular weight excluding hydrogens is 417 g/mol. The summed E-state index contributed by atoms with van der Waals surface area (Å²) in [7, 11) is 1.43. The molecule has 0 saturated heterocycles. The lowest BCUT2D eigenvalue weighted by Gasteiger charge is -2.09. The van der Waals surface area contributed by atoms with Crippen molar-refractivity contribution in [2.45, 2.75) is 13.8 Å². The van der Waals surface area contributed by atoms with Gasteiger partial charge in [-0.05, 0) is 37.6 Å². The SMILES string of the molecule is CCOC(=O)c1c(NC(=O)COC(=O)c2ccc(F)cc2N)sc(C(=O)NC)c1C. The maximum absolute atomic E-state index is 13.1. The second kappa shape index (κ2) is 9.83. The van der Waals surface area contributed by atoms with Gasteiger partial charge in [0.2, 0.25) is 0 Å². The number of rotatable bonds is 7. The summed E-state index contributed by atoms with van der Waals surface area (Å²) in [4.78, 5) is 48.8. The van der Waals surface area contributed by atoms with Crippen molar-refractivity contribution in [1.82, 2.24) is 5.32 Å². The molecule has 4 N–H and O–H groups in total. The lowest BCUT2D eigenvalue weighted by atomic mass is 10.1. The van der Waals surface area contributed by atoms with Crippen molar-refractivity contribution in [3.8, 4) is 0 Å². The highest BCUT2D eigenvalue weighted by atomic mass is 32.1. The molecule has 30 heavy (non-hydrogen) atoms. The summed E-state index contributed by atoms with van der Waals surface area (Å²) in [5.41, 5.74) is 5.74. The summed E-state index contributed by atoms with van der Waals surface area (Å²) in [5.74, 6) is -3.41. The van der Waals surface area contributed by atoms with Gasteiger partial charge in [-0.15, -0.1) is 11.3 Å². The number of hydrogen-bond donors (Lipinski definition) is 3. The van der Waals surface area contributed by atoms with Gasteiger partial charge < -0.3 is 25.8 Å². The normalized spacial score (nSPS) is 10.3. The third-order valence-electron chi connectivity index (χ3n) is 3.88. The standard InChI is InChI=1S/C19H20FN3O6S/c1-4-28-19(27)14-9(2)15(16(25)22-3)30-17(14)23-13(24)8-29-18(26)11-6-5-10(20)7-12(11)21/h5-7H,4,8,21H2,1-3H3,(H,22,25)(H,23,24). The van der Waals surface area contributed by atoms with Crippen LogP contribution in [0.25, 0.3) is 0 Å². The number of anilines is 2. The van der Waals surface area contributed by atoms with E-state index in [0.717, 1.165) is 29.5 Å². The molecule has 0 radical (unpaired) electrons. The second-order valence-electron chi connectivity index (χ2n) is 5.92. The Labute approximate surface area is 175 Å². The average Bonchev–Trinajstić information content (AvgIpc) is 3.01. The molecule has 0 aliphatic rings. The number of amides is 2. The van der Waals surface area contributed by atoms with Crippen LogP contribution in [0.15, 0.2) is 18.2 Å². The number of halogens is 1. The highest BCUT2D eigenvalue weighted by Crippen LogP contribution is 2.33. The van der Waals surface area contributed by atoms with E-state index in [1.165, 1.54) is 7.05 Å². The van der Waals surface area contributed by atoms with E-state index in [9.17, 15) is 23.6 Å². The van der Waals surface area contributed by atoms with Crippen LogP contribution in [0.2, 0.25) is 0 Å². The van der Waals surface area contributed by atoms with Crippen LogP contribution in [0.5, 0.6) is 0 Å². The first-order valence-electron chi connectivity index (χ1n) is 8.74. The molecule has 0 aliphatic heterocycles. The predicted octanol–water partition coefficient (Wildman–Crippen LogP) is 2.11. The van der Waals surface area contributed by atoms with E-state index in [0.29, 0.717) is 5.56 Å². The topological polar surface area (TPSA) is 137 Å². The van der Waals surface area contributed by atoms with E-state index in [2.05, 4.69) is 10.6 Å². The maximum atomic E-state index is 13.1. The zero-order chi connectivity index (χ0) is 22.4. The molecule has 2 rings (SSSR count). The summed E-state index contributed by atoms with van der Waals surface area (Å²) in [5, 5.41) is 4.99. The van der Waals surface area contributed by atoms with E-state index >= 15 is 0 Å². The van der Waals surface area contributed by atoms with Crippen molar-refractivity contribution in [3.05, 3.63) is 45.6 Å². The minimum Gasteiger partial charge on any atom is -0.462 e. The number of esters is 2. The number of thiophene rings is 1. The predicted molar refractivity (Wildman–Crippen MR) is 108 cm³/mol. The first-order chi connectivity index (χ1) is 14.2. The highest BCUT2D eigenvalue weighted by Gasteiger charge is 2.26. The van der Waals surface area contributed by atoms with Crippen LogP contribution >= 0.6 is 11.3 Å². The number of ether oxygens (including phenoxy) is 2. The van der Waals surface area contributed by atoms with Crippen LogP contribution in [0, 0.1) is 12.7 Å². The summed E-state index contributed by atoms with van der Waals surface area (Å²) in [6.45, 7) is 2.59. The summed E-state index contributed by atoms with van der Waals surface area (Å²) in [6, 6.07) is 3.13. The number of nitrogen functional groups attached to an aromatic ring is 1. The Morgan fingerprint density at radius 1 is 1.17 bits per heavy atom. The first-order valence-corrected chi connectivity index (χ1v) is 9.55. The van der Waals surface area contributed by atoms with E-state index in [-0.39, 0.29) is 33.3 Å². The molecule has 2 amide bonds. The number of carbonyl (C=O) groups is 4. The number of nitrogens with one attached hydrogen (secondary N) is 2. The van der Waals surface area contributed by atoms with E-state index in [4.69, 9.17) is 15.2 Å². The summed E-state index contributed by atoms with van der Waals surface area (Å²) in [6.07, 6.45) is 0. The Kier molecular flexibility index (Phi) is 7.48. The molecule has 1 aromatic heterocycles. The Bertz CT molecular complexity index is 1000. The molecule has 2 aromatic rings. The molecule has 11 heteroatoms. The van der Waals surface area contributed by atoms with Gasteiger partial charge in [-0.25, -0.2) is 14.0 Å². The van der Waals surface area contributed by atoms with Crippen molar-refractivity contribution in [3.63, 3.8) is 0 Å². The van der Waals surface area contributed by atoms with Crippen LogP contribution in [0.3, 0.4) is 0 Å². The summed E-state index contributed by atoms with van der Waals surface area (Å²) >= 11 is 0.889. The molecule has 1 aromatic carbocycles. The Hall–Kier alpha value is -3.47. The fourth-order valence-electron chi connectivity index (χ4n) is 2.47. The molecule has 9 nitrogen and oxygen atoms in total. The van der Waals surface area contributed by atoms with Crippen molar-refractivity contribution in [2.24, 2.45) is 0 Å². The molecule has 0 atom stereocenters. The van der Waals surface area contributed by atoms with Gasteiger partial charge in [-0.1, -0.05) is 0 Å². The lowest BCUT2D eigenvalue weighted by molar-refractivity contribution is -0.119. The van der Waals surface area contributed by atoms with Gasteiger partial charge in [-0.2, -0.15) is 0 Å². The van der Waals surface area contributed by atoms with Crippen LogP contribution in [-0.2, 0) is 14.3 Å². The lowest BCUT2D eigenvalue weighted by Crippen LogP contribution is -2.22. The number of nitrogens with two attached hydrogens (primary N) is 1. The third kappa shape index (κ3) is 5.11. The number of hydrogen-bond acceptors (Lipinski definition) is 8. The zero-order valence-corrected chi connectivity index (χ0v) is 17.3. The monoisotopic (exact) mass is 437 g/mol. The van der Waals surface area contributed by atoms with Crippen LogP contribution in [0.4, 0.5) is 15.1 Å². The highest BCUT2D eigenvalue weighted by molar-refractivity contribution is 7.18. The van der Waals surface area contributed by atoms with Gasteiger partial charge in [0.1, 0.15) is 10.8 Å². The van der Waals surface area contributed by atoms with Gasteiger partial charge in [0.25, 0.3) is 11.8 Å². The average molecular weight is 437 g/mol. The maximum Gasteiger partial charge on any atom is 0.341 e. The third-order valence-corrected chi connectivity index (χ3v) is 5.09. The molecule has 0 aliphatic carbocycles. The van der Waals surface area contributed by atoms with Crippen LogP contribution in [-0.4, -0.2) is 44.0 Å². The minimum absolute atomic E-state index is 0.0444. The molecule has 1 heterocycles. The first kappa shape index (κ1) is 22.8. The Morgan fingerprint density at radius 2 is 1.87 bits per heavy atom. The molecule has 0 saturated carbocycles. The van der Waals surface area contributed by atoms with Crippen LogP contribution in [0.1, 0.15) is 42.9 Å². The molecular formula is C19H20FN3O6S. The van der Waals surface area contributed by atoms with Crippen molar-refractivity contribution < 1.29 is 33.0 Å². The fourth-order valence-corrected chi connectivity index (χ4v) is 3.63. The molecule has 0 bridgehead atoms. The van der Waals surface area contributed by atoms with Gasteiger partial charge >= 0.3 is 11.9 Å². The van der Waals surface area contributed by atoms with Gasteiger partial charge in [0.15, 0.2) is 6.61 Å². The molecule has 0 spiro atoms. The Morgan fingerprint density at radius 3 is 2.47 bits per heavy atom. The Balaban J connectivity index is 2.16. The van der Waals surface area contributed by atoms with E-state index in [1.807, 2.05) is 0 Å². The van der Waals surface area contributed by atoms with E-state index < -0.39 is 36.2 Å². The molecule has 160 valence electrons. The van der Waals surface area contributed by atoms with Crippen molar-refractivity contribution in [2.75, 3.05) is 31.3 Å². The van der Waals surface area contributed by atoms with Gasteiger partial charge in [0.05, 0.1) is 22.6 Å². The minimum atomic E-state index is -0.915. The fraction of sp³-hybridized carbons (Fsp3) is 0.263. The van der Waals surface area contributed by atoms with Crippen molar-refractivity contribution >= 4 is 45.8 Å².